The molecule has 2 aliphatic heterocycles. The number of hydrogen-bond donors (Lipinski definition) is 3. The summed E-state index contributed by atoms with van der Waals surface area (Å²) >= 11 is 0. The van der Waals surface area contributed by atoms with Crippen molar-refractivity contribution < 1.29 is 19.8 Å². The molecule has 2 fully saturated rings. The Balaban J connectivity index is 1.59. The van der Waals surface area contributed by atoms with Gasteiger partial charge in [0.25, 0.3) is 0 Å². The molecule has 11 nitrogen and oxygen atoms in total. The van der Waals surface area contributed by atoms with E-state index < -0.39 is 6.61 Å². The lowest BCUT2D eigenvalue weighted by Crippen LogP contribution is -2.47. The van der Waals surface area contributed by atoms with Crippen LogP contribution in [0.25, 0.3) is 16.8 Å². The van der Waals surface area contributed by atoms with Gasteiger partial charge in [-0.1, -0.05) is 0 Å². The van der Waals surface area contributed by atoms with Gasteiger partial charge in [0.2, 0.25) is 5.91 Å². The van der Waals surface area contributed by atoms with Gasteiger partial charge >= 0.3 is 0 Å². The SMILES string of the molecule is CC(=O)c1c([C@H]2C[C@H]3CC[C@@H](C2)N3C(=O)CO)nc2c(-c3cnn(CCO)c3)cnn2c1N. The van der Waals surface area contributed by atoms with Gasteiger partial charge in [-0.25, -0.2) is 4.98 Å². The number of ketones is 1. The molecule has 5 rings (SSSR count). The number of amides is 1. The first-order valence-electron chi connectivity index (χ1n) is 11.2. The van der Waals surface area contributed by atoms with Crippen LogP contribution in [-0.4, -0.2) is 76.5 Å². The largest absolute Gasteiger partial charge is 0.394 e. The molecule has 11 heteroatoms. The molecule has 0 radical (unpaired) electrons. The van der Waals surface area contributed by atoms with E-state index in [-0.39, 0.29) is 42.1 Å². The van der Waals surface area contributed by atoms with Crippen LogP contribution in [-0.2, 0) is 11.3 Å². The third-order valence-corrected chi connectivity index (χ3v) is 6.88. The monoisotopic (exact) mass is 453 g/mol. The van der Waals surface area contributed by atoms with Gasteiger partial charge in [0.15, 0.2) is 11.4 Å². The van der Waals surface area contributed by atoms with Gasteiger partial charge in [-0.3, -0.25) is 14.3 Å². The van der Waals surface area contributed by atoms with E-state index in [0.29, 0.717) is 36.3 Å². The average molecular weight is 454 g/mol. The van der Waals surface area contributed by atoms with Crippen molar-refractivity contribution in [1.29, 1.82) is 0 Å². The number of nitrogen functional groups attached to an aromatic ring is 1. The Hall–Kier alpha value is -3.31. The van der Waals surface area contributed by atoms with Crippen molar-refractivity contribution in [2.24, 2.45) is 0 Å². The first-order chi connectivity index (χ1) is 15.9. The number of aliphatic hydroxyl groups is 2. The molecule has 1 amide bonds. The number of nitrogens with zero attached hydrogens (tertiary/aromatic N) is 6. The molecule has 0 saturated carbocycles. The predicted octanol–water partition coefficient (Wildman–Crippen LogP) is 0.599. The minimum Gasteiger partial charge on any atom is -0.394 e. The fraction of sp³-hybridized carbons (Fsp3) is 0.500. The van der Waals surface area contributed by atoms with Crippen LogP contribution in [0.4, 0.5) is 5.82 Å². The summed E-state index contributed by atoms with van der Waals surface area (Å²) in [6.07, 6.45) is 8.24. The molecule has 3 aromatic heterocycles. The summed E-state index contributed by atoms with van der Waals surface area (Å²) in [7, 11) is 0. The van der Waals surface area contributed by atoms with Crippen LogP contribution in [0.3, 0.4) is 0 Å². The zero-order chi connectivity index (χ0) is 23.3. The van der Waals surface area contributed by atoms with Crippen LogP contribution >= 0.6 is 0 Å². The third-order valence-electron chi connectivity index (χ3n) is 6.88. The Bertz CT molecular complexity index is 1220. The maximum absolute atomic E-state index is 12.6. The smallest absolute Gasteiger partial charge is 0.248 e. The number of anilines is 1. The molecule has 3 aromatic rings. The standard InChI is InChI=1S/C22H27N7O4/c1-12(32)19-20(13-6-15-2-3-16(7-13)28(15)18(33)11-31)26-22-17(9-25-29(22)21(19)23)14-8-24-27(10-14)4-5-30/h8-10,13,15-16,30-31H,2-7,11,23H2,1H3/t13-,15+,16-. The maximum atomic E-state index is 12.6. The van der Waals surface area contributed by atoms with Crippen LogP contribution in [0.5, 0.6) is 0 Å². The molecule has 2 saturated heterocycles. The summed E-state index contributed by atoms with van der Waals surface area (Å²) in [5.41, 5.74) is 9.52. The highest BCUT2D eigenvalue weighted by molar-refractivity contribution is 6.00. The fourth-order valence-corrected chi connectivity index (χ4v) is 5.51. The molecule has 0 unspecified atom stereocenters. The lowest BCUT2D eigenvalue weighted by atomic mass is 9.85. The van der Waals surface area contributed by atoms with E-state index >= 15 is 0 Å². The van der Waals surface area contributed by atoms with E-state index in [4.69, 9.17) is 10.7 Å². The Kier molecular flexibility index (Phi) is 5.37. The number of nitrogens with two attached hydrogens (primary N) is 1. The van der Waals surface area contributed by atoms with Crippen molar-refractivity contribution in [3.63, 3.8) is 0 Å². The Morgan fingerprint density at radius 2 is 1.88 bits per heavy atom. The number of fused-ring (bicyclic) bond motifs is 3. The summed E-state index contributed by atoms with van der Waals surface area (Å²) in [4.78, 5) is 31.6. The van der Waals surface area contributed by atoms with Crippen LogP contribution in [0.1, 0.15) is 54.6 Å². The molecule has 2 bridgehead atoms. The second-order valence-corrected chi connectivity index (χ2v) is 8.84. The number of Topliss-reactive ketones (excluding diaryl/α,β-unsaturated/α-hetero) is 1. The molecular weight excluding hydrogens is 426 g/mol. The number of piperidine rings is 1. The number of carbonyl (C=O) groups excluding carboxylic acids is 2. The summed E-state index contributed by atoms with van der Waals surface area (Å²) in [6.45, 7) is 1.34. The minimum atomic E-state index is -0.489. The molecule has 2 aliphatic rings. The summed E-state index contributed by atoms with van der Waals surface area (Å²) in [5.74, 6) is -0.200. The highest BCUT2D eigenvalue weighted by Crippen LogP contribution is 2.44. The molecule has 0 aromatic carbocycles. The number of aliphatic hydroxyl groups excluding tert-OH is 2. The molecule has 0 aliphatic carbocycles. The maximum Gasteiger partial charge on any atom is 0.248 e. The summed E-state index contributed by atoms with van der Waals surface area (Å²) < 4.78 is 3.12. The number of rotatable bonds is 6. The zero-order valence-corrected chi connectivity index (χ0v) is 18.4. The van der Waals surface area contributed by atoms with Crippen molar-refractivity contribution in [3.8, 4) is 11.1 Å². The molecule has 174 valence electrons. The summed E-state index contributed by atoms with van der Waals surface area (Å²) in [6, 6.07) is 0.0436. The quantitative estimate of drug-likeness (QED) is 0.459. The van der Waals surface area contributed by atoms with Gasteiger partial charge in [0.1, 0.15) is 12.4 Å². The van der Waals surface area contributed by atoms with Crippen LogP contribution in [0.15, 0.2) is 18.6 Å². The van der Waals surface area contributed by atoms with Crippen LogP contribution in [0.2, 0.25) is 0 Å². The Labute approximate surface area is 189 Å². The molecule has 5 heterocycles. The first-order valence-corrected chi connectivity index (χ1v) is 11.2. The first kappa shape index (κ1) is 21.5. The van der Waals surface area contributed by atoms with Crippen molar-refractivity contribution in [3.05, 3.63) is 29.8 Å². The minimum absolute atomic E-state index is 0.0208. The van der Waals surface area contributed by atoms with E-state index in [1.165, 1.54) is 11.4 Å². The molecule has 0 spiro atoms. The topological polar surface area (TPSA) is 152 Å². The zero-order valence-electron chi connectivity index (χ0n) is 18.4. The van der Waals surface area contributed by atoms with Gasteiger partial charge in [0.05, 0.1) is 36.8 Å². The van der Waals surface area contributed by atoms with E-state index in [2.05, 4.69) is 10.2 Å². The van der Waals surface area contributed by atoms with E-state index in [9.17, 15) is 19.8 Å². The highest BCUT2D eigenvalue weighted by Gasteiger charge is 2.44. The van der Waals surface area contributed by atoms with Crippen molar-refractivity contribution >= 4 is 23.2 Å². The van der Waals surface area contributed by atoms with E-state index in [1.54, 1.807) is 17.1 Å². The van der Waals surface area contributed by atoms with Crippen molar-refractivity contribution in [1.82, 2.24) is 29.3 Å². The van der Waals surface area contributed by atoms with Crippen LogP contribution < -0.4 is 5.73 Å². The van der Waals surface area contributed by atoms with E-state index in [0.717, 1.165) is 24.0 Å². The molecule has 33 heavy (non-hydrogen) atoms. The second-order valence-electron chi connectivity index (χ2n) is 8.84. The number of aromatic nitrogens is 5. The predicted molar refractivity (Wildman–Crippen MR) is 118 cm³/mol. The number of hydrogen-bond acceptors (Lipinski definition) is 8. The average Bonchev–Trinajstić information content (AvgIpc) is 3.49. The van der Waals surface area contributed by atoms with Gasteiger partial charge in [0, 0.05) is 35.3 Å². The van der Waals surface area contributed by atoms with Gasteiger partial charge in [-0.2, -0.15) is 14.7 Å². The lowest BCUT2D eigenvalue weighted by Gasteiger charge is -2.39. The number of carbonyl (C=O) groups is 2. The fourth-order valence-electron chi connectivity index (χ4n) is 5.51. The van der Waals surface area contributed by atoms with Crippen LogP contribution in [0, 0.1) is 0 Å². The Morgan fingerprint density at radius 1 is 1.15 bits per heavy atom. The Morgan fingerprint density at radius 3 is 2.52 bits per heavy atom. The van der Waals surface area contributed by atoms with Crippen molar-refractivity contribution in [2.75, 3.05) is 18.9 Å². The highest BCUT2D eigenvalue weighted by atomic mass is 16.3. The van der Waals surface area contributed by atoms with Gasteiger partial charge in [-0.15, -0.1) is 0 Å². The lowest BCUT2D eigenvalue weighted by molar-refractivity contribution is -0.138. The van der Waals surface area contributed by atoms with E-state index in [1.807, 2.05) is 11.1 Å². The summed E-state index contributed by atoms with van der Waals surface area (Å²) in [5, 5.41) is 27.2. The molecule has 4 N–H and O–H groups in total. The normalized spacial score (nSPS) is 22.3. The van der Waals surface area contributed by atoms with Crippen molar-refractivity contribution in [2.45, 2.75) is 57.2 Å². The van der Waals surface area contributed by atoms with Gasteiger partial charge in [-0.05, 0) is 32.6 Å². The van der Waals surface area contributed by atoms with Gasteiger partial charge < -0.3 is 20.8 Å². The second kappa shape index (κ2) is 8.23. The molecular formula is C22H27N7O4. The molecule has 3 atom stereocenters. The third kappa shape index (κ3) is 3.47.